The standard InChI is InChI=1S/C13H21N3O.C8H10O3S/c1-2-4-13(5-3-1)15-12-14-6-7-16-8-10-17-11-9-16;1-7-3-5-8(6-4-7)12(9,10)11-2/h4H,1-3,5-11H2;3-6H,1-2H3. The molecule has 2 aliphatic rings. The number of hydrogen-bond donors (Lipinski definition) is 0. The Morgan fingerprint density at radius 3 is 2.52 bits per heavy atom. The third kappa shape index (κ3) is 9.02. The van der Waals surface area contributed by atoms with E-state index < -0.39 is 10.1 Å². The molecule has 0 amide bonds. The molecule has 0 radical (unpaired) electrons. The van der Waals surface area contributed by atoms with Crippen LogP contribution in [0.25, 0.3) is 0 Å². The summed E-state index contributed by atoms with van der Waals surface area (Å²) in [5, 5.41) is 0. The van der Waals surface area contributed by atoms with Gasteiger partial charge in [0.15, 0.2) is 0 Å². The number of benzene rings is 1. The Labute approximate surface area is 174 Å². The Kier molecular flexibility index (Phi) is 10.2. The average Bonchev–Trinajstić information content (AvgIpc) is 2.76. The van der Waals surface area contributed by atoms with Crippen LogP contribution < -0.4 is 0 Å². The Bertz CT molecular complexity index is 807. The minimum atomic E-state index is -3.51. The number of rotatable bonds is 6. The molecule has 3 rings (SSSR count). The molecule has 1 aliphatic heterocycles. The second kappa shape index (κ2) is 12.7. The fourth-order valence-electron chi connectivity index (χ4n) is 2.89. The van der Waals surface area contributed by atoms with E-state index in [1.54, 1.807) is 12.1 Å². The molecule has 1 aromatic rings. The number of morpholine rings is 1. The third-order valence-electron chi connectivity index (χ3n) is 4.69. The Hall–Kier alpha value is -1.83. The van der Waals surface area contributed by atoms with E-state index in [9.17, 15) is 8.42 Å². The van der Waals surface area contributed by atoms with Crippen LogP contribution in [-0.4, -0.2) is 65.8 Å². The van der Waals surface area contributed by atoms with E-state index in [1.807, 2.05) is 6.92 Å². The number of aryl methyl sites for hydroxylation is 1. The van der Waals surface area contributed by atoms with Gasteiger partial charge in [-0.3, -0.25) is 9.08 Å². The molecule has 0 bridgehead atoms. The monoisotopic (exact) mass is 421 g/mol. The van der Waals surface area contributed by atoms with Crippen LogP contribution in [0.15, 0.2) is 50.9 Å². The van der Waals surface area contributed by atoms with Crippen molar-refractivity contribution in [2.75, 3.05) is 46.5 Å². The summed E-state index contributed by atoms with van der Waals surface area (Å²) in [5.41, 5.74) is 2.18. The van der Waals surface area contributed by atoms with Crippen LogP contribution in [0.2, 0.25) is 0 Å². The van der Waals surface area contributed by atoms with Crippen molar-refractivity contribution in [3.8, 4) is 0 Å². The smallest absolute Gasteiger partial charge is 0.296 e. The lowest BCUT2D eigenvalue weighted by Crippen LogP contribution is -2.37. The molecule has 0 N–H and O–H groups in total. The molecule has 1 saturated heterocycles. The third-order valence-corrected chi connectivity index (χ3v) is 5.98. The Morgan fingerprint density at radius 1 is 1.17 bits per heavy atom. The lowest BCUT2D eigenvalue weighted by molar-refractivity contribution is 0.0395. The molecule has 1 heterocycles. The Morgan fingerprint density at radius 2 is 1.90 bits per heavy atom. The molecule has 0 unspecified atom stereocenters. The van der Waals surface area contributed by atoms with Crippen LogP contribution in [0.4, 0.5) is 0 Å². The fraction of sp³-hybridized carbons (Fsp3) is 0.571. The van der Waals surface area contributed by atoms with Crippen LogP contribution in [0.1, 0.15) is 31.2 Å². The van der Waals surface area contributed by atoms with Crippen LogP contribution >= 0.6 is 0 Å². The topological polar surface area (TPSA) is 80.6 Å². The van der Waals surface area contributed by atoms with Gasteiger partial charge in [-0.05, 0) is 44.7 Å². The van der Waals surface area contributed by atoms with Crippen molar-refractivity contribution < 1.29 is 17.3 Å². The van der Waals surface area contributed by atoms with Crippen molar-refractivity contribution in [3.63, 3.8) is 0 Å². The number of hydrogen-bond acceptors (Lipinski definition) is 7. The molecule has 1 aliphatic carbocycles. The molecular formula is C21H31N3O4S. The summed E-state index contributed by atoms with van der Waals surface area (Å²) in [6.45, 7) is 7.43. The van der Waals surface area contributed by atoms with Gasteiger partial charge in [-0.1, -0.05) is 23.8 Å². The van der Waals surface area contributed by atoms with Crippen molar-refractivity contribution >= 4 is 16.1 Å². The van der Waals surface area contributed by atoms with E-state index >= 15 is 0 Å². The van der Waals surface area contributed by atoms with E-state index in [2.05, 4.69) is 31.2 Å². The van der Waals surface area contributed by atoms with Crippen LogP contribution in [-0.2, 0) is 19.0 Å². The van der Waals surface area contributed by atoms with E-state index in [0.29, 0.717) is 0 Å². The Balaban J connectivity index is 0.000000221. The molecule has 0 atom stereocenters. The van der Waals surface area contributed by atoms with Gasteiger partial charge < -0.3 is 4.74 Å². The summed E-state index contributed by atoms with van der Waals surface area (Å²) in [6, 6.07) is 9.32. The number of allylic oxidation sites excluding steroid dienone is 2. The van der Waals surface area contributed by atoms with Gasteiger partial charge in [0.1, 0.15) is 0 Å². The molecule has 29 heavy (non-hydrogen) atoms. The lowest BCUT2D eigenvalue weighted by atomic mass is 10.1. The predicted molar refractivity (Wildman–Crippen MR) is 114 cm³/mol. The van der Waals surface area contributed by atoms with Crippen molar-refractivity contribution in [2.45, 2.75) is 37.5 Å². The molecule has 0 saturated carbocycles. The first-order valence-corrected chi connectivity index (χ1v) is 11.4. The van der Waals surface area contributed by atoms with Gasteiger partial charge in [-0.25, -0.2) is 4.99 Å². The summed E-state index contributed by atoms with van der Waals surface area (Å²) >= 11 is 0. The van der Waals surface area contributed by atoms with Gasteiger partial charge in [0.2, 0.25) is 0 Å². The first-order valence-electron chi connectivity index (χ1n) is 10.00. The van der Waals surface area contributed by atoms with Crippen molar-refractivity contribution in [1.29, 1.82) is 0 Å². The van der Waals surface area contributed by atoms with Gasteiger partial charge in [0.25, 0.3) is 10.1 Å². The van der Waals surface area contributed by atoms with Gasteiger partial charge in [-0.2, -0.15) is 13.4 Å². The molecular weight excluding hydrogens is 390 g/mol. The average molecular weight is 422 g/mol. The van der Waals surface area contributed by atoms with Crippen LogP contribution in [0.5, 0.6) is 0 Å². The lowest BCUT2D eigenvalue weighted by Gasteiger charge is -2.25. The van der Waals surface area contributed by atoms with E-state index in [4.69, 9.17) is 4.74 Å². The number of aliphatic imine (C=N–C) groups is 2. The molecule has 1 aromatic carbocycles. The van der Waals surface area contributed by atoms with E-state index in [0.717, 1.165) is 70.6 Å². The zero-order valence-corrected chi connectivity index (χ0v) is 18.2. The van der Waals surface area contributed by atoms with E-state index in [1.165, 1.54) is 25.0 Å². The summed E-state index contributed by atoms with van der Waals surface area (Å²) in [4.78, 5) is 11.0. The number of ether oxygens (including phenoxy) is 1. The highest BCUT2D eigenvalue weighted by Gasteiger charge is 2.11. The highest BCUT2D eigenvalue weighted by Crippen LogP contribution is 2.17. The molecule has 160 valence electrons. The van der Waals surface area contributed by atoms with Gasteiger partial charge in [0, 0.05) is 25.3 Å². The van der Waals surface area contributed by atoms with Crippen LogP contribution in [0.3, 0.4) is 0 Å². The maximum absolute atomic E-state index is 11.1. The fourth-order valence-corrected chi connectivity index (χ4v) is 3.55. The van der Waals surface area contributed by atoms with Gasteiger partial charge in [0.05, 0.1) is 37.8 Å². The maximum atomic E-state index is 11.1. The normalized spacial score (nSPS) is 17.4. The van der Waals surface area contributed by atoms with E-state index in [-0.39, 0.29) is 4.90 Å². The van der Waals surface area contributed by atoms with Gasteiger partial charge in [-0.15, -0.1) is 0 Å². The summed E-state index contributed by atoms with van der Waals surface area (Å²) in [5.74, 6) is 0. The molecule has 0 aromatic heterocycles. The second-order valence-corrected chi connectivity index (χ2v) is 8.64. The predicted octanol–water partition coefficient (Wildman–Crippen LogP) is 3.28. The largest absolute Gasteiger partial charge is 0.379 e. The summed E-state index contributed by atoms with van der Waals surface area (Å²) < 4.78 is 31.8. The molecule has 7 nitrogen and oxygen atoms in total. The summed E-state index contributed by atoms with van der Waals surface area (Å²) in [7, 11) is -2.37. The second-order valence-electron chi connectivity index (χ2n) is 6.92. The zero-order valence-electron chi connectivity index (χ0n) is 17.3. The van der Waals surface area contributed by atoms with Crippen molar-refractivity contribution in [2.24, 2.45) is 9.98 Å². The molecule has 0 spiro atoms. The molecule has 8 heteroatoms. The quantitative estimate of drug-likeness (QED) is 0.520. The highest BCUT2D eigenvalue weighted by molar-refractivity contribution is 7.86. The van der Waals surface area contributed by atoms with Crippen LogP contribution in [0, 0.1) is 6.92 Å². The summed E-state index contributed by atoms with van der Waals surface area (Å²) in [6.07, 6.45) is 7.01. The maximum Gasteiger partial charge on any atom is 0.296 e. The minimum absolute atomic E-state index is 0.190. The molecule has 1 fully saturated rings. The van der Waals surface area contributed by atoms with Crippen molar-refractivity contribution in [1.82, 2.24) is 4.90 Å². The minimum Gasteiger partial charge on any atom is -0.379 e. The van der Waals surface area contributed by atoms with Crippen molar-refractivity contribution in [3.05, 3.63) is 41.6 Å². The SMILES string of the molecule is C(=NCCN1CCOCC1)=NC1=CCCCC1.COS(=O)(=O)c1ccc(C)cc1. The first kappa shape index (κ1) is 23.4. The first-order chi connectivity index (χ1) is 14.0. The zero-order chi connectivity index (χ0) is 21.0. The number of nitrogens with zero attached hydrogens (tertiary/aromatic N) is 3. The van der Waals surface area contributed by atoms with Gasteiger partial charge >= 0.3 is 0 Å². The highest BCUT2D eigenvalue weighted by atomic mass is 32.2.